The molecule has 0 aromatic carbocycles. The number of aromatic nitrogens is 1. The largest absolute Gasteiger partial charge is 0.317 e. The van der Waals surface area contributed by atoms with Crippen LogP contribution in [-0.4, -0.2) is 24.1 Å². The third-order valence-electron chi connectivity index (χ3n) is 4.52. The highest BCUT2D eigenvalue weighted by atomic mass is 32.1. The normalized spacial score (nSPS) is 26.2. The minimum Gasteiger partial charge on any atom is -0.317 e. The van der Waals surface area contributed by atoms with Crippen LogP contribution < -0.4 is 10.6 Å². The van der Waals surface area contributed by atoms with E-state index in [2.05, 4.69) is 10.6 Å². The summed E-state index contributed by atoms with van der Waals surface area (Å²) in [6.45, 7) is 2.26. The third-order valence-corrected chi connectivity index (χ3v) is 5.88. The number of fused-ring (bicyclic) bond motifs is 1. The van der Waals surface area contributed by atoms with E-state index in [4.69, 9.17) is 4.98 Å². The van der Waals surface area contributed by atoms with Crippen molar-refractivity contribution in [3.05, 3.63) is 15.6 Å². The second-order valence-corrected chi connectivity index (χ2v) is 7.08. The molecule has 0 radical (unpaired) electrons. The lowest BCUT2D eigenvalue weighted by Gasteiger charge is -2.37. The predicted molar refractivity (Wildman–Crippen MR) is 74.1 cm³/mol. The van der Waals surface area contributed by atoms with E-state index in [1.54, 1.807) is 4.88 Å². The zero-order chi connectivity index (χ0) is 12.0. The van der Waals surface area contributed by atoms with Gasteiger partial charge in [0.1, 0.15) is 5.01 Å². The van der Waals surface area contributed by atoms with E-state index in [1.807, 2.05) is 11.3 Å². The van der Waals surface area contributed by atoms with Crippen molar-refractivity contribution in [2.45, 2.75) is 56.5 Å². The number of aryl methyl sites for hydroxylation is 2. The first-order valence-corrected chi connectivity index (χ1v) is 8.15. The summed E-state index contributed by atoms with van der Waals surface area (Å²) in [6.07, 6.45) is 8.93. The second-order valence-electron chi connectivity index (χ2n) is 5.99. The van der Waals surface area contributed by atoms with Gasteiger partial charge in [-0.05, 0) is 58.0 Å². The molecule has 1 aliphatic heterocycles. The molecule has 0 unspecified atom stereocenters. The number of rotatable bonds is 3. The van der Waals surface area contributed by atoms with E-state index in [-0.39, 0.29) is 5.54 Å². The molecule has 2 fully saturated rings. The van der Waals surface area contributed by atoms with Crippen LogP contribution in [0.1, 0.15) is 47.7 Å². The van der Waals surface area contributed by atoms with Crippen LogP contribution in [0, 0.1) is 0 Å². The Morgan fingerprint density at radius 1 is 1.22 bits per heavy atom. The Bertz CT molecular complexity index is 422. The Kier molecular flexibility index (Phi) is 2.71. The number of hydrogen-bond acceptors (Lipinski definition) is 4. The molecule has 4 rings (SSSR count). The standard InChI is InChI=1S/C14H21N3S/c1-2-11-12(3-1)18-13(16-11)14(17-10-4-5-10)6-8-15-9-7-14/h10,15,17H,1-9H2. The van der Waals surface area contributed by atoms with E-state index in [9.17, 15) is 0 Å². The predicted octanol–water partition coefficient (Wildman–Crippen LogP) is 1.96. The topological polar surface area (TPSA) is 37.0 Å². The highest BCUT2D eigenvalue weighted by molar-refractivity contribution is 7.12. The van der Waals surface area contributed by atoms with Gasteiger partial charge in [0.05, 0.1) is 11.2 Å². The number of hydrogen-bond donors (Lipinski definition) is 2. The first kappa shape index (κ1) is 11.4. The lowest BCUT2D eigenvalue weighted by atomic mass is 9.88. The fourth-order valence-corrected chi connectivity index (χ4v) is 4.65. The van der Waals surface area contributed by atoms with Crippen molar-refractivity contribution in [2.24, 2.45) is 0 Å². The monoisotopic (exact) mass is 263 g/mol. The van der Waals surface area contributed by atoms with Gasteiger partial charge in [-0.2, -0.15) is 0 Å². The minimum absolute atomic E-state index is 0.196. The Morgan fingerprint density at radius 2 is 2.06 bits per heavy atom. The molecule has 1 saturated heterocycles. The van der Waals surface area contributed by atoms with Gasteiger partial charge >= 0.3 is 0 Å². The van der Waals surface area contributed by atoms with Crippen molar-refractivity contribution in [2.75, 3.05) is 13.1 Å². The van der Waals surface area contributed by atoms with Gasteiger partial charge in [0, 0.05) is 10.9 Å². The van der Waals surface area contributed by atoms with Gasteiger partial charge in [0.15, 0.2) is 0 Å². The van der Waals surface area contributed by atoms with Crippen molar-refractivity contribution in [3.63, 3.8) is 0 Å². The molecule has 3 nitrogen and oxygen atoms in total. The van der Waals surface area contributed by atoms with Crippen LogP contribution in [0.4, 0.5) is 0 Å². The number of thiazole rings is 1. The summed E-state index contributed by atoms with van der Waals surface area (Å²) in [5.74, 6) is 0. The maximum absolute atomic E-state index is 5.00. The molecular weight excluding hydrogens is 242 g/mol. The van der Waals surface area contributed by atoms with Crippen molar-refractivity contribution in [1.29, 1.82) is 0 Å². The molecule has 0 spiro atoms. The van der Waals surface area contributed by atoms with E-state index < -0.39 is 0 Å². The van der Waals surface area contributed by atoms with Crippen LogP contribution in [0.2, 0.25) is 0 Å². The lowest BCUT2D eigenvalue weighted by molar-refractivity contribution is 0.242. The van der Waals surface area contributed by atoms with Crippen LogP contribution in [0.25, 0.3) is 0 Å². The van der Waals surface area contributed by atoms with Crippen LogP contribution in [0.5, 0.6) is 0 Å². The highest BCUT2D eigenvalue weighted by Gasteiger charge is 2.41. The van der Waals surface area contributed by atoms with Gasteiger partial charge in [-0.3, -0.25) is 0 Å². The summed E-state index contributed by atoms with van der Waals surface area (Å²) < 4.78 is 0. The van der Waals surface area contributed by atoms with Gasteiger partial charge in [-0.1, -0.05) is 0 Å². The molecule has 0 amide bonds. The van der Waals surface area contributed by atoms with Crippen molar-refractivity contribution in [3.8, 4) is 0 Å². The molecule has 2 heterocycles. The Hall–Kier alpha value is -0.450. The third kappa shape index (κ3) is 1.91. The zero-order valence-electron chi connectivity index (χ0n) is 10.8. The Balaban J connectivity index is 1.66. The summed E-state index contributed by atoms with van der Waals surface area (Å²) in [4.78, 5) is 6.57. The lowest BCUT2D eigenvalue weighted by Crippen LogP contribution is -2.50. The van der Waals surface area contributed by atoms with E-state index in [0.29, 0.717) is 0 Å². The van der Waals surface area contributed by atoms with E-state index >= 15 is 0 Å². The summed E-state index contributed by atoms with van der Waals surface area (Å²) in [7, 11) is 0. The summed E-state index contributed by atoms with van der Waals surface area (Å²) in [6, 6.07) is 0.766. The SMILES string of the molecule is C1Cc2nc(C3(NC4CC4)CCNCC3)sc2C1. The minimum atomic E-state index is 0.196. The molecular formula is C14H21N3S. The smallest absolute Gasteiger partial charge is 0.113 e. The average molecular weight is 263 g/mol. The summed E-state index contributed by atoms with van der Waals surface area (Å²) in [5, 5.41) is 8.80. The summed E-state index contributed by atoms with van der Waals surface area (Å²) >= 11 is 2.00. The van der Waals surface area contributed by atoms with Gasteiger partial charge in [-0.15, -0.1) is 11.3 Å². The molecule has 0 atom stereocenters. The molecule has 3 aliphatic rings. The molecule has 2 N–H and O–H groups in total. The molecule has 4 heteroatoms. The molecule has 0 bridgehead atoms. The van der Waals surface area contributed by atoms with Crippen molar-refractivity contribution < 1.29 is 0 Å². The van der Waals surface area contributed by atoms with Crippen LogP contribution in [0.3, 0.4) is 0 Å². The first-order valence-electron chi connectivity index (χ1n) is 7.33. The molecule has 1 saturated carbocycles. The van der Waals surface area contributed by atoms with Gasteiger partial charge < -0.3 is 10.6 Å². The molecule has 1 aromatic heterocycles. The van der Waals surface area contributed by atoms with Crippen molar-refractivity contribution >= 4 is 11.3 Å². The van der Waals surface area contributed by atoms with Gasteiger partial charge in [-0.25, -0.2) is 4.98 Å². The molecule has 2 aliphatic carbocycles. The fourth-order valence-electron chi connectivity index (χ4n) is 3.29. The molecule has 18 heavy (non-hydrogen) atoms. The van der Waals surface area contributed by atoms with Gasteiger partial charge in [0.25, 0.3) is 0 Å². The van der Waals surface area contributed by atoms with Crippen molar-refractivity contribution in [1.82, 2.24) is 15.6 Å². The summed E-state index contributed by atoms with van der Waals surface area (Å²) in [5.41, 5.74) is 1.60. The number of piperidine rings is 1. The van der Waals surface area contributed by atoms with E-state index in [0.717, 1.165) is 19.1 Å². The van der Waals surface area contributed by atoms with Crippen LogP contribution >= 0.6 is 11.3 Å². The fraction of sp³-hybridized carbons (Fsp3) is 0.786. The number of nitrogens with zero attached hydrogens (tertiary/aromatic N) is 1. The maximum Gasteiger partial charge on any atom is 0.113 e. The Labute approximate surface area is 112 Å². The maximum atomic E-state index is 5.00. The molecule has 1 aromatic rings. The first-order chi connectivity index (χ1) is 8.86. The van der Waals surface area contributed by atoms with Crippen LogP contribution in [0.15, 0.2) is 0 Å². The van der Waals surface area contributed by atoms with Gasteiger partial charge in [0.2, 0.25) is 0 Å². The quantitative estimate of drug-likeness (QED) is 0.875. The highest BCUT2D eigenvalue weighted by Crippen LogP contribution is 2.40. The second kappa shape index (κ2) is 4.29. The average Bonchev–Trinajstić information content (AvgIpc) is 2.92. The Morgan fingerprint density at radius 3 is 2.78 bits per heavy atom. The molecule has 98 valence electrons. The van der Waals surface area contributed by atoms with Crippen LogP contribution in [-0.2, 0) is 18.4 Å². The zero-order valence-corrected chi connectivity index (χ0v) is 11.6. The van der Waals surface area contributed by atoms with E-state index in [1.165, 1.54) is 55.6 Å². The number of nitrogens with one attached hydrogen (secondary N) is 2.